The van der Waals surface area contributed by atoms with Crippen LogP contribution in [0.1, 0.15) is 40.0 Å². The lowest BCUT2D eigenvalue weighted by Gasteiger charge is -2.17. The lowest BCUT2D eigenvalue weighted by Crippen LogP contribution is -2.26. The lowest BCUT2D eigenvalue weighted by atomic mass is 10.1. The van der Waals surface area contributed by atoms with Crippen molar-refractivity contribution in [1.29, 1.82) is 0 Å². The number of ether oxygens (including phenoxy) is 2. The first-order chi connectivity index (χ1) is 16.0. The van der Waals surface area contributed by atoms with Crippen molar-refractivity contribution in [1.82, 2.24) is 9.88 Å². The van der Waals surface area contributed by atoms with Crippen molar-refractivity contribution < 1.29 is 14.3 Å². The second-order valence-electron chi connectivity index (χ2n) is 8.01. The highest BCUT2D eigenvalue weighted by Crippen LogP contribution is 2.24. The maximum Gasteiger partial charge on any atom is 0.251 e. The van der Waals surface area contributed by atoms with Gasteiger partial charge in [0, 0.05) is 29.2 Å². The summed E-state index contributed by atoms with van der Waals surface area (Å²) in [5, 5.41) is 3.10. The molecule has 4 rings (SSSR count). The third-order valence-corrected chi connectivity index (χ3v) is 5.55. The van der Waals surface area contributed by atoms with Crippen molar-refractivity contribution in [2.24, 2.45) is 0 Å². The molecular formula is C28H28N2O3. The fraction of sp³-hybridized carbons (Fsp3) is 0.179. The minimum atomic E-state index is -0.151. The van der Waals surface area contributed by atoms with E-state index in [1.807, 2.05) is 91.5 Å². The minimum Gasteiger partial charge on any atom is -0.496 e. The van der Waals surface area contributed by atoms with Crippen molar-refractivity contribution in [2.75, 3.05) is 7.11 Å². The highest BCUT2D eigenvalue weighted by atomic mass is 16.5. The van der Waals surface area contributed by atoms with Gasteiger partial charge in [0.1, 0.15) is 18.1 Å². The Kier molecular flexibility index (Phi) is 6.79. The summed E-state index contributed by atoms with van der Waals surface area (Å²) >= 11 is 0. The highest BCUT2D eigenvalue weighted by molar-refractivity contribution is 5.94. The predicted octanol–water partition coefficient (Wildman–Crippen LogP) is 5.86. The van der Waals surface area contributed by atoms with Crippen LogP contribution in [0.3, 0.4) is 0 Å². The van der Waals surface area contributed by atoms with Gasteiger partial charge >= 0.3 is 0 Å². The van der Waals surface area contributed by atoms with E-state index in [9.17, 15) is 4.79 Å². The van der Waals surface area contributed by atoms with Gasteiger partial charge in [0.15, 0.2) is 0 Å². The molecule has 1 amide bonds. The van der Waals surface area contributed by atoms with Crippen molar-refractivity contribution in [3.8, 4) is 17.2 Å². The normalized spacial score (nSPS) is 11.6. The number of rotatable bonds is 8. The third-order valence-electron chi connectivity index (χ3n) is 5.55. The molecule has 0 saturated carbocycles. The molecule has 4 aromatic rings. The van der Waals surface area contributed by atoms with Crippen LogP contribution in [-0.4, -0.2) is 17.6 Å². The van der Waals surface area contributed by atoms with Crippen LogP contribution in [0, 0.1) is 6.92 Å². The highest BCUT2D eigenvalue weighted by Gasteiger charge is 2.15. The number of carbonyl (C=O) groups excluding carboxylic acids is 1. The topological polar surface area (TPSA) is 52.5 Å². The van der Waals surface area contributed by atoms with Gasteiger partial charge in [-0.15, -0.1) is 0 Å². The maximum absolute atomic E-state index is 13.0. The molecule has 1 N–H and O–H groups in total. The van der Waals surface area contributed by atoms with Gasteiger partial charge in [0.25, 0.3) is 5.91 Å². The van der Waals surface area contributed by atoms with Crippen LogP contribution in [0.4, 0.5) is 0 Å². The van der Waals surface area contributed by atoms with Crippen molar-refractivity contribution >= 4 is 5.91 Å². The maximum atomic E-state index is 13.0. The fourth-order valence-electron chi connectivity index (χ4n) is 3.72. The molecule has 0 radical (unpaired) electrons. The summed E-state index contributed by atoms with van der Waals surface area (Å²) in [6, 6.07) is 25.3. The Morgan fingerprint density at radius 1 is 0.970 bits per heavy atom. The van der Waals surface area contributed by atoms with E-state index >= 15 is 0 Å². The molecule has 0 saturated heterocycles. The Hall–Kier alpha value is -3.99. The second-order valence-corrected chi connectivity index (χ2v) is 8.01. The number of carbonyl (C=O) groups is 1. The first-order valence-corrected chi connectivity index (χ1v) is 10.9. The molecule has 168 valence electrons. The average molecular weight is 441 g/mol. The molecule has 0 fully saturated rings. The molecule has 0 aliphatic heterocycles. The van der Waals surface area contributed by atoms with E-state index < -0.39 is 0 Å². The Morgan fingerprint density at radius 3 is 2.52 bits per heavy atom. The van der Waals surface area contributed by atoms with Crippen LogP contribution in [0.25, 0.3) is 5.69 Å². The summed E-state index contributed by atoms with van der Waals surface area (Å²) in [5.74, 6) is 1.32. The molecule has 1 unspecified atom stereocenters. The average Bonchev–Trinajstić information content (AvgIpc) is 3.38. The van der Waals surface area contributed by atoms with Gasteiger partial charge in [-0.05, 0) is 79.6 Å². The van der Waals surface area contributed by atoms with Crippen molar-refractivity contribution in [2.45, 2.75) is 26.5 Å². The number of hydrogen-bond donors (Lipinski definition) is 1. The molecule has 5 heteroatoms. The third kappa shape index (κ3) is 5.44. The van der Waals surface area contributed by atoms with Gasteiger partial charge in [-0.3, -0.25) is 4.79 Å². The molecule has 0 aliphatic carbocycles. The molecule has 3 aromatic carbocycles. The summed E-state index contributed by atoms with van der Waals surface area (Å²) in [7, 11) is 1.62. The monoisotopic (exact) mass is 440 g/mol. The number of aryl methyl sites for hydroxylation is 1. The van der Waals surface area contributed by atoms with Gasteiger partial charge in [0.2, 0.25) is 0 Å². The molecule has 33 heavy (non-hydrogen) atoms. The van der Waals surface area contributed by atoms with Crippen molar-refractivity contribution in [3.05, 3.63) is 114 Å². The number of nitrogens with zero attached hydrogens (tertiary/aromatic N) is 1. The Bertz CT molecular complexity index is 1230. The molecule has 0 spiro atoms. The van der Waals surface area contributed by atoms with Crippen LogP contribution in [-0.2, 0) is 6.61 Å². The second kappa shape index (κ2) is 10.1. The smallest absolute Gasteiger partial charge is 0.251 e. The van der Waals surface area contributed by atoms with E-state index in [2.05, 4.69) is 11.4 Å². The standard InChI is InChI=1S/C28H28N2O3/c1-20-8-6-11-26(16-20)33-19-24-17-23(12-13-27(24)32-3)28(31)29-21(2)22-9-7-10-25(18-22)30-14-4-5-15-30/h4-18,21H,19H2,1-3H3,(H,29,31). The van der Waals surface area contributed by atoms with Crippen LogP contribution in [0.15, 0.2) is 91.3 Å². The fourth-order valence-corrected chi connectivity index (χ4v) is 3.72. The molecule has 0 bridgehead atoms. The molecule has 5 nitrogen and oxygen atoms in total. The molecule has 1 heterocycles. The predicted molar refractivity (Wildman–Crippen MR) is 130 cm³/mol. The van der Waals surface area contributed by atoms with Gasteiger partial charge in [-0.25, -0.2) is 0 Å². The first kappa shape index (κ1) is 22.2. The molecule has 1 atom stereocenters. The van der Waals surface area contributed by atoms with Gasteiger partial charge < -0.3 is 19.4 Å². The summed E-state index contributed by atoms with van der Waals surface area (Å²) in [5.41, 5.74) is 4.59. The number of benzene rings is 3. The van der Waals surface area contributed by atoms with Gasteiger partial charge in [0.05, 0.1) is 13.2 Å². The van der Waals surface area contributed by atoms with Crippen LogP contribution in [0.5, 0.6) is 11.5 Å². The largest absolute Gasteiger partial charge is 0.496 e. The van der Waals surface area contributed by atoms with E-state index in [4.69, 9.17) is 9.47 Å². The first-order valence-electron chi connectivity index (χ1n) is 10.9. The summed E-state index contributed by atoms with van der Waals surface area (Å²) < 4.78 is 13.5. The number of methoxy groups -OCH3 is 1. The number of amides is 1. The Labute approximate surface area is 194 Å². The molecular weight excluding hydrogens is 412 g/mol. The van der Waals surface area contributed by atoms with E-state index in [1.165, 1.54) is 0 Å². The van der Waals surface area contributed by atoms with E-state index in [-0.39, 0.29) is 11.9 Å². The Balaban J connectivity index is 1.47. The number of aromatic nitrogens is 1. The molecule has 1 aromatic heterocycles. The number of nitrogens with one attached hydrogen (secondary N) is 1. The van der Waals surface area contributed by atoms with Crippen LogP contribution >= 0.6 is 0 Å². The minimum absolute atomic E-state index is 0.145. The summed E-state index contributed by atoms with van der Waals surface area (Å²) in [6.07, 6.45) is 4.00. The van der Waals surface area contributed by atoms with Crippen LogP contribution < -0.4 is 14.8 Å². The zero-order chi connectivity index (χ0) is 23.2. The zero-order valence-corrected chi connectivity index (χ0v) is 19.1. The molecule has 0 aliphatic rings. The Morgan fingerprint density at radius 2 is 1.76 bits per heavy atom. The van der Waals surface area contributed by atoms with E-state index in [1.54, 1.807) is 19.2 Å². The SMILES string of the molecule is COc1ccc(C(=O)NC(C)c2cccc(-n3cccc3)c2)cc1COc1cccc(C)c1. The van der Waals surface area contributed by atoms with E-state index in [0.717, 1.165) is 28.1 Å². The van der Waals surface area contributed by atoms with Gasteiger partial charge in [-0.1, -0.05) is 24.3 Å². The van der Waals surface area contributed by atoms with Crippen molar-refractivity contribution in [3.63, 3.8) is 0 Å². The quantitative estimate of drug-likeness (QED) is 0.373. The summed E-state index contributed by atoms with van der Waals surface area (Å²) in [6.45, 7) is 4.31. The van der Waals surface area contributed by atoms with E-state index in [0.29, 0.717) is 17.9 Å². The van der Waals surface area contributed by atoms with Crippen LogP contribution in [0.2, 0.25) is 0 Å². The number of hydrogen-bond acceptors (Lipinski definition) is 3. The van der Waals surface area contributed by atoms with Gasteiger partial charge in [-0.2, -0.15) is 0 Å². The summed E-state index contributed by atoms with van der Waals surface area (Å²) in [4.78, 5) is 13.0. The lowest BCUT2D eigenvalue weighted by molar-refractivity contribution is 0.0939. The zero-order valence-electron chi connectivity index (χ0n) is 19.1.